The Morgan fingerprint density at radius 2 is 1.33 bits per heavy atom. The minimum Gasteiger partial charge on any atom is -0.476 e. The minimum absolute atomic E-state index is 0.0851. The lowest BCUT2D eigenvalue weighted by molar-refractivity contribution is -0.288. The van der Waals surface area contributed by atoms with E-state index in [0.717, 1.165) is 0 Å². The topological polar surface area (TPSA) is 114 Å². The van der Waals surface area contributed by atoms with Gasteiger partial charge in [0.1, 0.15) is 22.3 Å². The average molecular weight is 383 g/mol. The van der Waals surface area contributed by atoms with Crippen LogP contribution in [-0.4, -0.2) is 53.5 Å². The Bertz CT molecular complexity index is 541. The molecule has 0 fully saturated rings. The van der Waals surface area contributed by atoms with E-state index in [9.17, 15) is 20.1 Å². The van der Waals surface area contributed by atoms with Crippen LogP contribution in [-0.2, 0) is 0 Å². The quantitative estimate of drug-likeness (QED) is 0.467. The van der Waals surface area contributed by atoms with Gasteiger partial charge in [-0.1, -0.05) is 23.2 Å². The molecule has 0 unspecified atom stereocenters. The zero-order valence-electron chi connectivity index (χ0n) is 14.5. The van der Waals surface area contributed by atoms with Gasteiger partial charge in [0, 0.05) is 0 Å². The van der Waals surface area contributed by atoms with Crippen molar-refractivity contribution < 1.29 is 25.2 Å². The van der Waals surface area contributed by atoms with Crippen LogP contribution in [0.3, 0.4) is 0 Å². The Morgan fingerprint density at radius 3 is 1.54 bits per heavy atom. The van der Waals surface area contributed by atoms with Crippen molar-refractivity contribution in [3.05, 3.63) is 28.0 Å². The first kappa shape index (κ1) is 23.0. The standard InChI is InChI=1S/C9H21NO3.C6H3Cl2NO2/c1-7(2,11)10(8(3,4)12)9(5,6)13;7-3-1-2-4(8)9-5(3)6(10)11/h11-13H,1-6H3;1-2H,(H,10,11). The Kier molecular flexibility index (Phi) is 7.63. The number of rotatable bonds is 4. The molecule has 0 spiro atoms. The van der Waals surface area contributed by atoms with Gasteiger partial charge < -0.3 is 20.4 Å². The first-order chi connectivity index (χ1) is 10.5. The van der Waals surface area contributed by atoms with Crippen LogP contribution in [0.25, 0.3) is 0 Å². The van der Waals surface area contributed by atoms with E-state index in [1.807, 2.05) is 0 Å². The van der Waals surface area contributed by atoms with Crippen molar-refractivity contribution >= 4 is 29.2 Å². The number of hydrogen-bond acceptors (Lipinski definition) is 6. The van der Waals surface area contributed by atoms with E-state index in [0.29, 0.717) is 0 Å². The van der Waals surface area contributed by atoms with Gasteiger partial charge in [0.2, 0.25) is 0 Å². The second-order valence-electron chi connectivity index (χ2n) is 6.59. The van der Waals surface area contributed by atoms with Gasteiger partial charge >= 0.3 is 5.97 Å². The van der Waals surface area contributed by atoms with E-state index in [4.69, 9.17) is 28.3 Å². The number of hydrogen-bond donors (Lipinski definition) is 4. The van der Waals surface area contributed by atoms with E-state index in [2.05, 4.69) is 4.98 Å². The summed E-state index contributed by atoms with van der Waals surface area (Å²) < 4.78 is 0. The van der Waals surface area contributed by atoms with Crippen LogP contribution in [0.2, 0.25) is 10.2 Å². The zero-order valence-corrected chi connectivity index (χ0v) is 16.0. The summed E-state index contributed by atoms with van der Waals surface area (Å²) in [5.74, 6) is -1.18. The predicted molar refractivity (Wildman–Crippen MR) is 91.9 cm³/mol. The van der Waals surface area contributed by atoms with E-state index in [1.54, 1.807) is 0 Å². The van der Waals surface area contributed by atoms with Crippen LogP contribution >= 0.6 is 23.2 Å². The molecular weight excluding hydrogens is 359 g/mol. The molecule has 0 amide bonds. The molecule has 1 heterocycles. The van der Waals surface area contributed by atoms with E-state index in [-0.39, 0.29) is 15.9 Å². The lowest BCUT2D eigenvalue weighted by Crippen LogP contribution is -2.64. The van der Waals surface area contributed by atoms with Gasteiger partial charge in [-0.2, -0.15) is 0 Å². The highest BCUT2D eigenvalue weighted by atomic mass is 35.5. The molecule has 1 aromatic rings. The molecule has 0 aliphatic carbocycles. The number of carboxylic acids is 1. The molecule has 24 heavy (non-hydrogen) atoms. The van der Waals surface area contributed by atoms with Crippen LogP contribution < -0.4 is 0 Å². The third kappa shape index (κ3) is 7.29. The van der Waals surface area contributed by atoms with Crippen LogP contribution in [0.5, 0.6) is 0 Å². The summed E-state index contributed by atoms with van der Waals surface area (Å²) >= 11 is 10.9. The third-order valence-electron chi connectivity index (χ3n) is 2.66. The molecule has 0 aliphatic rings. The Hall–Kier alpha value is -0.960. The summed E-state index contributed by atoms with van der Waals surface area (Å²) in [6, 6.07) is 2.82. The summed E-state index contributed by atoms with van der Waals surface area (Å²) in [6.07, 6.45) is 0. The number of aromatic nitrogens is 1. The number of aliphatic hydroxyl groups is 3. The van der Waals surface area contributed by atoms with Gasteiger partial charge in [-0.3, -0.25) is 0 Å². The third-order valence-corrected chi connectivity index (χ3v) is 3.17. The van der Waals surface area contributed by atoms with E-state index in [1.165, 1.54) is 58.6 Å². The molecule has 0 saturated heterocycles. The molecule has 4 N–H and O–H groups in total. The van der Waals surface area contributed by atoms with Crippen molar-refractivity contribution in [2.45, 2.75) is 58.7 Å². The fourth-order valence-electron chi connectivity index (χ4n) is 2.58. The van der Waals surface area contributed by atoms with Crippen molar-refractivity contribution in [2.75, 3.05) is 0 Å². The monoisotopic (exact) mass is 382 g/mol. The van der Waals surface area contributed by atoms with Crippen LogP contribution in [0.4, 0.5) is 0 Å². The van der Waals surface area contributed by atoms with Crippen LogP contribution in [0.1, 0.15) is 52.0 Å². The number of carboxylic acid groups (broad SMARTS) is 1. The van der Waals surface area contributed by atoms with Crippen LogP contribution in [0, 0.1) is 0 Å². The van der Waals surface area contributed by atoms with E-state index < -0.39 is 23.1 Å². The maximum atomic E-state index is 10.4. The minimum atomic E-state index is -1.28. The highest BCUT2D eigenvalue weighted by Gasteiger charge is 2.43. The largest absolute Gasteiger partial charge is 0.476 e. The van der Waals surface area contributed by atoms with Crippen molar-refractivity contribution in [3.63, 3.8) is 0 Å². The van der Waals surface area contributed by atoms with E-state index >= 15 is 0 Å². The lowest BCUT2D eigenvalue weighted by atomic mass is 10.1. The molecule has 138 valence electrons. The number of halogens is 2. The normalized spacial score (nSPS) is 12.7. The summed E-state index contributed by atoms with van der Waals surface area (Å²) in [6.45, 7) is 9.10. The highest BCUT2D eigenvalue weighted by Crippen LogP contribution is 2.29. The molecule has 0 radical (unpaired) electrons. The molecule has 1 aromatic heterocycles. The first-order valence-corrected chi connectivity index (χ1v) is 7.76. The predicted octanol–water partition coefficient (Wildman–Crippen LogP) is 2.56. The number of carbonyl (C=O) groups is 1. The molecule has 0 aliphatic heterocycles. The van der Waals surface area contributed by atoms with Gasteiger partial charge in [-0.05, 0) is 53.7 Å². The second kappa shape index (κ2) is 7.95. The first-order valence-electron chi connectivity index (χ1n) is 7.01. The summed E-state index contributed by atoms with van der Waals surface area (Å²) in [4.78, 5) is 15.1. The second-order valence-corrected chi connectivity index (χ2v) is 7.38. The molecule has 1 rings (SSSR count). The van der Waals surface area contributed by atoms with Crippen LogP contribution in [0.15, 0.2) is 12.1 Å². The molecule has 0 aromatic carbocycles. The lowest BCUT2D eigenvalue weighted by Gasteiger charge is -2.49. The molecular formula is C15H24Cl2N2O5. The maximum Gasteiger partial charge on any atom is 0.356 e. The highest BCUT2D eigenvalue weighted by molar-refractivity contribution is 6.34. The Balaban J connectivity index is 0.000000446. The van der Waals surface area contributed by atoms with Gasteiger partial charge in [0.25, 0.3) is 0 Å². The number of nitrogens with zero attached hydrogens (tertiary/aromatic N) is 2. The SMILES string of the molecule is CC(C)(O)N(C(C)(C)O)C(C)(C)O.O=C(O)c1nc(Cl)ccc1Cl. The molecule has 0 bridgehead atoms. The van der Waals surface area contributed by atoms with Gasteiger partial charge in [-0.15, -0.1) is 0 Å². The van der Waals surface area contributed by atoms with Crippen molar-refractivity contribution in [2.24, 2.45) is 0 Å². The summed E-state index contributed by atoms with van der Waals surface area (Å²) in [5, 5.41) is 38.0. The fraction of sp³-hybridized carbons (Fsp3) is 0.600. The summed E-state index contributed by atoms with van der Waals surface area (Å²) in [7, 11) is 0. The number of aromatic carboxylic acids is 1. The molecule has 0 saturated carbocycles. The van der Waals surface area contributed by atoms with Gasteiger partial charge in [-0.25, -0.2) is 14.7 Å². The van der Waals surface area contributed by atoms with Crippen molar-refractivity contribution in [1.29, 1.82) is 0 Å². The zero-order chi connectivity index (χ0) is 19.5. The van der Waals surface area contributed by atoms with Crippen molar-refractivity contribution in [1.82, 2.24) is 9.88 Å². The smallest absolute Gasteiger partial charge is 0.356 e. The average Bonchev–Trinajstić information content (AvgIpc) is 2.26. The molecule has 9 heteroatoms. The fourth-order valence-corrected chi connectivity index (χ4v) is 2.91. The maximum absolute atomic E-state index is 10.4. The summed E-state index contributed by atoms with van der Waals surface area (Å²) in [5.41, 5.74) is -4.07. The Labute approximate surface area is 151 Å². The Morgan fingerprint density at radius 1 is 0.958 bits per heavy atom. The van der Waals surface area contributed by atoms with Gasteiger partial charge in [0.15, 0.2) is 5.69 Å². The number of pyridine rings is 1. The molecule has 7 nitrogen and oxygen atoms in total. The van der Waals surface area contributed by atoms with Gasteiger partial charge in [0.05, 0.1) is 5.02 Å². The molecule has 0 atom stereocenters. The van der Waals surface area contributed by atoms with Crippen molar-refractivity contribution in [3.8, 4) is 0 Å².